The Bertz CT molecular complexity index is 1430. The molecule has 3 rings (SSSR count). The van der Waals surface area contributed by atoms with E-state index in [9.17, 15) is 22.8 Å². The minimum atomic E-state index is -1.02. The van der Waals surface area contributed by atoms with Crippen molar-refractivity contribution in [3.63, 3.8) is 0 Å². The fraction of sp³-hybridized carbons (Fsp3) is 0.241. The van der Waals surface area contributed by atoms with Crippen LogP contribution in [0, 0.1) is 11.6 Å². The van der Waals surface area contributed by atoms with Gasteiger partial charge in [-0.15, -0.1) is 0 Å². The number of carbonyl (C=O) groups excluding carboxylic acids is 1. The van der Waals surface area contributed by atoms with Gasteiger partial charge in [-0.1, -0.05) is 18.2 Å². The first-order valence-electron chi connectivity index (χ1n) is 12.0. The number of rotatable bonds is 11. The van der Waals surface area contributed by atoms with E-state index in [-0.39, 0.29) is 18.4 Å². The van der Waals surface area contributed by atoms with E-state index in [0.29, 0.717) is 52.8 Å². The molecule has 9 heteroatoms. The van der Waals surface area contributed by atoms with Crippen molar-refractivity contribution in [3.05, 3.63) is 95.5 Å². The SMILES string of the molecule is C=CC(F)=CC=C(C)C(C)NC(=O)c1ccc2nc(-c3ccc(F)c(F)c3)c(CCCCC(=O)O)nc2c1. The summed E-state index contributed by atoms with van der Waals surface area (Å²) in [6.45, 7) is 6.89. The smallest absolute Gasteiger partial charge is 0.303 e. The number of unbranched alkanes of at least 4 members (excludes halogenated alkanes) is 1. The van der Waals surface area contributed by atoms with Crippen LogP contribution in [0.2, 0.25) is 0 Å². The van der Waals surface area contributed by atoms with Crippen LogP contribution in [0.1, 0.15) is 49.2 Å². The number of halogens is 3. The third kappa shape index (κ3) is 7.38. The Morgan fingerprint density at radius 1 is 1.05 bits per heavy atom. The molecule has 1 atom stereocenters. The minimum Gasteiger partial charge on any atom is -0.481 e. The lowest BCUT2D eigenvalue weighted by Gasteiger charge is -2.15. The fourth-order valence-corrected chi connectivity index (χ4v) is 3.67. The number of carboxylic acid groups (broad SMARTS) is 1. The van der Waals surface area contributed by atoms with Gasteiger partial charge in [0.2, 0.25) is 0 Å². The van der Waals surface area contributed by atoms with E-state index >= 15 is 0 Å². The number of hydrogen-bond acceptors (Lipinski definition) is 4. The van der Waals surface area contributed by atoms with E-state index < -0.39 is 23.4 Å². The van der Waals surface area contributed by atoms with Crippen molar-refractivity contribution in [1.29, 1.82) is 0 Å². The van der Waals surface area contributed by atoms with Gasteiger partial charge in [0.1, 0.15) is 5.83 Å². The Balaban J connectivity index is 1.92. The maximum atomic E-state index is 14.0. The molecule has 1 unspecified atom stereocenters. The summed E-state index contributed by atoms with van der Waals surface area (Å²) in [5, 5.41) is 11.8. The van der Waals surface area contributed by atoms with Gasteiger partial charge in [-0.05, 0) is 81.7 Å². The highest BCUT2D eigenvalue weighted by Gasteiger charge is 2.16. The molecule has 0 fully saturated rings. The van der Waals surface area contributed by atoms with Crippen molar-refractivity contribution in [1.82, 2.24) is 15.3 Å². The van der Waals surface area contributed by atoms with Crippen LogP contribution in [0.25, 0.3) is 22.3 Å². The molecule has 1 aromatic heterocycles. The van der Waals surface area contributed by atoms with Gasteiger partial charge in [-0.2, -0.15) is 0 Å². The van der Waals surface area contributed by atoms with E-state index in [4.69, 9.17) is 5.11 Å². The maximum Gasteiger partial charge on any atom is 0.303 e. The van der Waals surface area contributed by atoms with Crippen molar-refractivity contribution >= 4 is 22.9 Å². The number of amides is 1. The summed E-state index contributed by atoms with van der Waals surface area (Å²) in [6.07, 6.45) is 5.16. The summed E-state index contributed by atoms with van der Waals surface area (Å²) in [7, 11) is 0. The molecule has 0 spiro atoms. The van der Waals surface area contributed by atoms with Crippen LogP contribution in [0.3, 0.4) is 0 Å². The zero-order valence-electron chi connectivity index (χ0n) is 21.1. The molecule has 0 aliphatic rings. The van der Waals surface area contributed by atoms with Crippen molar-refractivity contribution in [2.24, 2.45) is 0 Å². The van der Waals surface area contributed by atoms with E-state index in [1.165, 1.54) is 12.1 Å². The van der Waals surface area contributed by atoms with Gasteiger partial charge in [0.25, 0.3) is 5.91 Å². The molecule has 2 N–H and O–H groups in total. The normalized spacial score (nSPS) is 12.9. The molecule has 0 bridgehead atoms. The van der Waals surface area contributed by atoms with Gasteiger partial charge >= 0.3 is 5.97 Å². The Kier molecular flexibility index (Phi) is 9.54. The molecule has 0 saturated heterocycles. The number of allylic oxidation sites excluding steroid dienone is 4. The predicted molar refractivity (Wildman–Crippen MR) is 140 cm³/mol. The van der Waals surface area contributed by atoms with Gasteiger partial charge in [0, 0.05) is 23.6 Å². The van der Waals surface area contributed by atoms with Crippen LogP contribution in [0.4, 0.5) is 13.2 Å². The largest absolute Gasteiger partial charge is 0.481 e. The monoisotopic (exact) mass is 523 g/mol. The summed E-state index contributed by atoms with van der Waals surface area (Å²) < 4.78 is 40.8. The number of fused-ring (bicyclic) bond motifs is 1. The Hall–Kier alpha value is -4.27. The third-order valence-corrected chi connectivity index (χ3v) is 5.98. The van der Waals surface area contributed by atoms with Crippen LogP contribution in [0.5, 0.6) is 0 Å². The molecule has 0 saturated carbocycles. The highest BCUT2D eigenvalue weighted by atomic mass is 19.2. The first kappa shape index (κ1) is 28.3. The average Bonchev–Trinajstić information content (AvgIpc) is 2.89. The molecular weight excluding hydrogens is 495 g/mol. The van der Waals surface area contributed by atoms with Crippen molar-refractivity contribution in [2.75, 3.05) is 0 Å². The van der Waals surface area contributed by atoms with Crippen molar-refractivity contribution < 1.29 is 27.9 Å². The molecule has 2 aromatic carbocycles. The fourth-order valence-electron chi connectivity index (χ4n) is 3.67. The molecule has 0 aliphatic carbocycles. The Morgan fingerprint density at radius 3 is 2.50 bits per heavy atom. The molecule has 38 heavy (non-hydrogen) atoms. The maximum absolute atomic E-state index is 14.0. The second kappa shape index (κ2) is 12.8. The first-order valence-corrected chi connectivity index (χ1v) is 12.0. The zero-order chi connectivity index (χ0) is 27.8. The Labute approximate surface area is 218 Å². The van der Waals surface area contributed by atoms with Crippen LogP contribution in [-0.2, 0) is 11.2 Å². The summed E-state index contributed by atoms with van der Waals surface area (Å²) >= 11 is 0. The number of aromatic nitrogens is 2. The second-order valence-corrected chi connectivity index (χ2v) is 8.81. The average molecular weight is 524 g/mol. The van der Waals surface area contributed by atoms with Crippen LogP contribution >= 0.6 is 0 Å². The van der Waals surface area contributed by atoms with Crippen LogP contribution in [-0.4, -0.2) is 33.0 Å². The molecule has 3 aromatic rings. The van der Waals surface area contributed by atoms with E-state index in [0.717, 1.165) is 23.8 Å². The van der Waals surface area contributed by atoms with Crippen molar-refractivity contribution in [3.8, 4) is 11.3 Å². The second-order valence-electron chi connectivity index (χ2n) is 8.81. The topological polar surface area (TPSA) is 92.2 Å². The van der Waals surface area contributed by atoms with Crippen molar-refractivity contribution in [2.45, 2.75) is 45.6 Å². The molecule has 1 heterocycles. The van der Waals surface area contributed by atoms with Gasteiger partial charge in [0.15, 0.2) is 11.6 Å². The molecule has 6 nitrogen and oxygen atoms in total. The number of nitrogens with zero attached hydrogens (tertiary/aromatic N) is 2. The molecule has 198 valence electrons. The van der Waals surface area contributed by atoms with E-state index in [2.05, 4.69) is 21.9 Å². The lowest BCUT2D eigenvalue weighted by atomic mass is 10.0. The number of carboxylic acids is 1. The van der Waals surface area contributed by atoms with Crippen LogP contribution in [0.15, 0.2) is 72.6 Å². The Morgan fingerprint density at radius 2 is 1.82 bits per heavy atom. The summed E-state index contributed by atoms with van der Waals surface area (Å²) in [6, 6.07) is 7.86. The summed E-state index contributed by atoms with van der Waals surface area (Å²) in [5.74, 6) is -3.77. The number of aryl methyl sites for hydroxylation is 1. The van der Waals surface area contributed by atoms with Crippen LogP contribution < -0.4 is 5.32 Å². The lowest BCUT2D eigenvalue weighted by Crippen LogP contribution is -2.33. The van der Waals surface area contributed by atoms with Gasteiger partial charge < -0.3 is 10.4 Å². The molecule has 0 radical (unpaired) electrons. The molecule has 1 amide bonds. The zero-order valence-corrected chi connectivity index (χ0v) is 21.1. The molecular formula is C29H28F3N3O3. The summed E-state index contributed by atoms with van der Waals surface area (Å²) in [4.78, 5) is 33.0. The number of carbonyl (C=O) groups is 2. The minimum absolute atomic E-state index is 0.00604. The standard InChI is InChI=1S/C29H28F3N3O3/c1-4-21(30)12-9-17(2)18(3)33-29(38)20-11-14-24-26(16-20)34-25(7-5-6-8-27(36)37)28(35-24)19-10-13-22(31)23(32)15-19/h4,9-16,18H,1,5-8H2,2-3H3,(H,33,38)(H,36,37). The third-order valence-electron chi connectivity index (χ3n) is 5.98. The number of hydrogen-bond donors (Lipinski definition) is 2. The number of nitrogens with one attached hydrogen (secondary N) is 1. The quantitative estimate of drug-likeness (QED) is 0.222. The summed E-state index contributed by atoms with van der Waals surface area (Å²) in [5.41, 5.74) is 3.12. The number of benzene rings is 2. The molecule has 0 aliphatic heterocycles. The van der Waals surface area contributed by atoms with E-state index in [1.54, 1.807) is 38.1 Å². The number of aliphatic carboxylic acids is 1. The first-order chi connectivity index (χ1) is 18.1. The predicted octanol–water partition coefficient (Wildman–Crippen LogP) is 6.48. The highest BCUT2D eigenvalue weighted by molar-refractivity contribution is 5.97. The van der Waals surface area contributed by atoms with Gasteiger partial charge in [-0.3, -0.25) is 9.59 Å². The highest BCUT2D eigenvalue weighted by Crippen LogP contribution is 2.27. The van der Waals surface area contributed by atoms with Gasteiger partial charge in [0.05, 0.1) is 22.4 Å². The van der Waals surface area contributed by atoms with Gasteiger partial charge in [-0.25, -0.2) is 23.1 Å². The van der Waals surface area contributed by atoms with E-state index in [1.807, 2.05) is 0 Å². The lowest BCUT2D eigenvalue weighted by molar-refractivity contribution is -0.137.